The van der Waals surface area contributed by atoms with Crippen LogP contribution in [0.4, 0.5) is 5.13 Å². The monoisotopic (exact) mass is 213 g/mol. The highest BCUT2D eigenvalue weighted by atomic mass is 32.1. The van der Waals surface area contributed by atoms with Crippen molar-refractivity contribution in [1.82, 2.24) is 9.36 Å². The SMILES string of the molecule is Cc1nsc(N2C[C@@H](C)O[C@H](C)C2)n1. The molecule has 14 heavy (non-hydrogen) atoms. The van der Waals surface area contributed by atoms with Gasteiger partial charge in [-0.05, 0) is 20.8 Å². The Balaban J connectivity index is 2.10. The van der Waals surface area contributed by atoms with Crippen LogP contribution in [0.2, 0.25) is 0 Å². The molecule has 0 amide bonds. The Morgan fingerprint density at radius 1 is 1.36 bits per heavy atom. The minimum absolute atomic E-state index is 0.281. The molecule has 0 aliphatic carbocycles. The van der Waals surface area contributed by atoms with Crippen LogP contribution in [0.15, 0.2) is 0 Å². The maximum absolute atomic E-state index is 5.66. The summed E-state index contributed by atoms with van der Waals surface area (Å²) in [7, 11) is 0. The van der Waals surface area contributed by atoms with Crippen LogP contribution in [0.25, 0.3) is 0 Å². The molecule has 2 heterocycles. The van der Waals surface area contributed by atoms with Crippen LogP contribution in [0, 0.1) is 6.92 Å². The normalized spacial score (nSPS) is 28.1. The van der Waals surface area contributed by atoms with E-state index in [0.29, 0.717) is 0 Å². The molecule has 0 radical (unpaired) electrons. The second kappa shape index (κ2) is 3.82. The Hall–Kier alpha value is -0.680. The summed E-state index contributed by atoms with van der Waals surface area (Å²) in [5.41, 5.74) is 0. The minimum atomic E-state index is 0.281. The van der Waals surface area contributed by atoms with E-state index in [9.17, 15) is 0 Å². The molecular weight excluding hydrogens is 198 g/mol. The number of hydrogen-bond acceptors (Lipinski definition) is 5. The largest absolute Gasteiger partial charge is 0.372 e. The molecule has 78 valence electrons. The highest BCUT2D eigenvalue weighted by Gasteiger charge is 2.24. The Kier molecular flexibility index (Phi) is 2.69. The van der Waals surface area contributed by atoms with E-state index < -0.39 is 0 Å². The Bertz CT molecular complexity index is 305. The van der Waals surface area contributed by atoms with E-state index >= 15 is 0 Å². The second-order valence-corrected chi connectivity index (χ2v) is 4.52. The highest BCUT2D eigenvalue weighted by molar-refractivity contribution is 7.09. The van der Waals surface area contributed by atoms with Gasteiger partial charge in [0.05, 0.1) is 12.2 Å². The van der Waals surface area contributed by atoms with Gasteiger partial charge in [0.25, 0.3) is 0 Å². The molecular formula is C9H15N3OS. The molecule has 4 nitrogen and oxygen atoms in total. The summed E-state index contributed by atoms with van der Waals surface area (Å²) >= 11 is 1.47. The third-order valence-electron chi connectivity index (χ3n) is 2.21. The van der Waals surface area contributed by atoms with Gasteiger partial charge in [-0.3, -0.25) is 0 Å². The number of ether oxygens (including phenoxy) is 1. The van der Waals surface area contributed by atoms with E-state index in [1.54, 1.807) is 0 Å². The van der Waals surface area contributed by atoms with Crippen LogP contribution in [0.1, 0.15) is 19.7 Å². The third kappa shape index (κ3) is 2.04. The number of rotatable bonds is 1. The zero-order chi connectivity index (χ0) is 10.1. The standard InChI is InChI=1S/C9H15N3OS/c1-6-4-12(5-7(2)13-6)9-10-8(3)11-14-9/h6-7H,4-5H2,1-3H3/t6-,7-/m1/s1. The smallest absolute Gasteiger partial charge is 0.205 e. The molecule has 1 aromatic heterocycles. The molecule has 1 aliphatic rings. The summed E-state index contributed by atoms with van der Waals surface area (Å²) in [6.45, 7) is 7.94. The van der Waals surface area contributed by atoms with Crippen molar-refractivity contribution in [3.8, 4) is 0 Å². The van der Waals surface area contributed by atoms with Crippen LogP contribution in [-0.4, -0.2) is 34.7 Å². The van der Waals surface area contributed by atoms with E-state index in [4.69, 9.17) is 4.74 Å². The van der Waals surface area contributed by atoms with Crippen LogP contribution < -0.4 is 4.90 Å². The first-order valence-corrected chi connectivity index (χ1v) is 5.63. The summed E-state index contributed by atoms with van der Waals surface area (Å²) in [6, 6.07) is 0. The van der Waals surface area contributed by atoms with Crippen molar-refractivity contribution in [3.63, 3.8) is 0 Å². The third-order valence-corrected chi connectivity index (χ3v) is 3.08. The summed E-state index contributed by atoms with van der Waals surface area (Å²) in [6.07, 6.45) is 0.561. The Morgan fingerprint density at radius 2 is 2.00 bits per heavy atom. The molecule has 2 atom stereocenters. The molecule has 1 aromatic rings. The van der Waals surface area contributed by atoms with Gasteiger partial charge in [-0.25, -0.2) is 4.98 Å². The lowest BCUT2D eigenvalue weighted by atomic mass is 10.2. The van der Waals surface area contributed by atoms with E-state index in [0.717, 1.165) is 24.0 Å². The van der Waals surface area contributed by atoms with E-state index in [1.807, 2.05) is 6.92 Å². The maximum atomic E-state index is 5.66. The molecule has 1 fully saturated rings. The van der Waals surface area contributed by atoms with Gasteiger partial charge in [0.15, 0.2) is 0 Å². The van der Waals surface area contributed by atoms with Crippen molar-refractivity contribution in [1.29, 1.82) is 0 Å². The topological polar surface area (TPSA) is 38.2 Å². The predicted octanol–water partition coefficient (Wildman–Crippen LogP) is 1.46. The van der Waals surface area contributed by atoms with Crippen LogP contribution in [0.3, 0.4) is 0 Å². The molecule has 1 aliphatic heterocycles. The van der Waals surface area contributed by atoms with Gasteiger partial charge in [-0.15, -0.1) is 0 Å². The summed E-state index contributed by atoms with van der Waals surface area (Å²) < 4.78 is 9.85. The Labute approximate surface area is 88.1 Å². The molecule has 0 bridgehead atoms. The molecule has 0 aromatic carbocycles. The lowest BCUT2D eigenvalue weighted by Crippen LogP contribution is -2.45. The van der Waals surface area contributed by atoms with E-state index in [-0.39, 0.29) is 12.2 Å². The maximum Gasteiger partial charge on any atom is 0.205 e. The molecule has 2 rings (SSSR count). The first-order chi connectivity index (χ1) is 6.65. The van der Waals surface area contributed by atoms with Gasteiger partial charge < -0.3 is 9.64 Å². The fourth-order valence-electron chi connectivity index (χ4n) is 1.75. The first kappa shape index (κ1) is 9.86. The van der Waals surface area contributed by atoms with Crippen molar-refractivity contribution >= 4 is 16.7 Å². The minimum Gasteiger partial charge on any atom is -0.372 e. The summed E-state index contributed by atoms with van der Waals surface area (Å²) in [5.74, 6) is 0.858. The van der Waals surface area contributed by atoms with Gasteiger partial charge in [0, 0.05) is 24.6 Å². The van der Waals surface area contributed by atoms with Crippen LogP contribution in [-0.2, 0) is 4.74 Å². The van der Waals surface area contributed by atoms with Crippen molar-refractivity contribution in [2.24, 2.45) is 0 Å². The fourth-order valence-corrected chi connectivity index (χ4v) is 2.44. The molecule has 0 unspecified atom stereocenters. The summed E-state index contributed by atoms with van der Waals surface area (Å²) in [4.78, 5) is 6.63. The first-order valence-electron chi connectivity index (χ1n) is 4.86. The average molecular weight is 213 g/mol. The van der Waals surface area contributed by atoms with Gasteiger partial charge >= 0.3 is 0 Å². The summed E-state index contributed by atoms with van der Waals surface area (Å²) in [5, 5.41) is 1.02. The van der Waals surface area contributed by atoms with Crippen molar-refractivity contribution in [2.45, 2.75) is 33.0 Å². The van der Waals surface area contributed by atoms with Gasteiger partial charge in [0.2, 0.25) is 5.13 Å². The molecule has 0 spiro atoms. The number of anilines is 1. The van der Waals surface area contributed by atoms with Gasteiger partial charge in [-0.1, -0.05) is 0 Å². The van der Waals surface area contributed by atoms with Crippen LogP contribution >= 0.6 is 11.5 Å². The quantitative estimate of drug-likeness (QED) is 0.708. The highest BCUT2D eigenvalue weighted by Crippen LogP contribution is 2.21. The molecule has 1 saturated heterocycles. The molecule has 0 N–H and O–H groups in total. The number of aryl methyl sites for hydroxylation is 1. The van der Waals surface area contributed by atoms with Gasteiger partial charge in [-0.2, -0.15) is 4.37 Å². The van der Waals surface area contributed by atoms with E-state index in [2.05, 4.69) is 28.1 Å². The van der Waals surface area contributed by atoms with Crippen molar-refractivity contribution in [3.05, 3.63) is 5.82 Å². The zero-order valence-corrected chi connectivity index (χ0v) is 9.54. The number of nitrogens with zero attached hydrogens (tertiary/aromatic N) is 3. The number of hydrogen-bond donors (Lipinski definition) is 0. The number of aromatic nitrogens is 2. The van der Waals surface area contributed by atoms with Gasteiger partial charge in [0.1, 0.15) is 5.82 Å². The fraction of sp³-hybridized carbons (Fsp3) is 0.778. The zero-order valence-electron chi connectivity index (χ0n) is 8.73. The lowest BCUT2D eigenvalue weighted by Gasteiger charge is -2.34. The van der Waals surface area contributed by atoms with Crippen LogP contribution in [0.5, 0.6) is 0 Å². The average Bonchev–Trinajstić information content (AvgIpc) is 2.50. The second-order valence-electron chi connectivity index (χ2n) is 3.79. The molecule has 0 saturated carbocycles. The van der Waals surface area contributed by atoms with Crippen molar-refractivity contribution in [2.75, 3.05) is 18.0 Å². The molecule has 5 heteroatoms. The number of morpholine rings is 1. The predicted molar refractivity (Wildman–Crippen MR) is 56.9 cm³/mol. The Morgan fingerprint density at radius 3 is 2.50 bits per heavy atom. The van der Waals surface area contributed by atoms with E-state index in [1.165, 1.54) is 11.5 Å². The van der Waals surface area contributed by atoms with Crippen molar-refractivity contribution < 1.29 is 4.74 Å². The lowest BCUT2D eigenvalue weighted by molar-refractivity contribution is -0.00523.